The third-order valence-electron chi connectivity index (χ3n) is 4.14. The predicted molar refractivity (Wildman–Crippen MR) is 73.5 cm³/mol. The van der Waals surface area contributed by atoms with Crippen LogP contribution in [0.1, 0.15) is 39.0 Å². The summed E-state index contributed by atoms with van der Waals surface area (Å²) in [6.45, 7) is 3.28. The van der Waals surface area contributed by atoms with Gasteiger partial charge in [-0.1, -0.05) is 19.8 Å². The molecule has 0 aromatic rings. The lowest BCUT2D eigenvalue weighted by atomic mass is 9.86. The first kappa shape index (κ1) is 15.4. The van der Waals surface area contributed by atoms with Crippen molar-refractivity contribution < 1.29 is 9.53 Å². The number of methoxy groups -OCH3 is 1. The molecule has 106 valence electrons. The van der Waals surface area contributed by atoms with E-state index in [-0.39, 0.29) is 12.0 Å². The van der Waals surface area contributed by atoms with E-state index in [1.54, 1.807) is 0 Å². The third-order valence-corrected chi connectivity index (χ3v) is 4.14. The molecule has 1 aliphatic carbocycles. The lowest BCUT2D eigenvalue weighted by molar-refractivity contribution is -0.143. The van der Waals surface area contributed by atoms with E-state index in [9.17, 15) is 4.79 Å². The monoisotopic (exact) mass is 256 g/mol. The number of likely N-dealkylation sites (N-methyl/N-ethyl adjacent to an activating group) is 1. The topological polar surface area (TPSA) is 41.6 Å². The van der Waals surface area contributed by atoms with Crippen molar-refractivity contribution in [3.8, 4) is 0 Å². The molecule has 0 heterocycles. The molecule has 0 aromatic carbocycles. The van der Waals surface area contributed by atoms with Crippen LogP contribution in [-0.4, -0.2) is 50.7 Å². The molecule has 1 fully saturated rings. The van der Waals surface area contributed by atoms with Gasteiger partial charge in [0.05, 0.1) is 7.11 Å². The molecule has 3 atom stereocenters. The lowest BCUT2D eigenvalue weighted by Crippen LogP contribution is -2.41. The van der Waals surface area contributed by atoms with Gasteiger partial charge in [-0.2, -0.15) is 0 Å². The van der Waals surface area contributed by atoms with E-state index in [1.165, 1.54) is 32.8 Å². The van der Waals surface area contributed by atoms with Crippen molar-refractivity contribution >= 4 is 5.97 Å². The number of esters is 1. The smallest absolute Gasteiger partial charge is 0.322 e. The van der Waals surface area contributed by atoms with Crippen LogP contribution < -0.4 is 5.32 Å². The maximum Gasteiger partial charge on any atom is 0.322 e. The molecule has 0 spiro atoms. The second-order valence-electron chi connectivity index (χ2n) is 5.56. The zero-order valence-corrected chi connectivity index (χ0v) is 12.2. The molecule has 4 heteroatoms. The second-order valence-corrected chi connectivity index (χ2v) is 5.56. The number of carbonyl (C=O) groups excluding carboxylic acids is 1. The minimum atomic E-state index is -0.182. The van der Waals surface area contributed by atoms with Crippen LogP contribution in [0.3, 0.4) is 0 Å². The number of nitrogens with zero attached hydrogens (tertiary/aromatic N) is 1. The van der Waals surface area contributed by atoms with Gasteiger partial charge in [-0.25, -0.2) is 0 Å². The minimum absolute atomic E-state index is 0.164. The second kappa shape index (κ2) is 7.74. The van der Waals surface area contributed by atoms with Crippen molar-refractivity contribution in [1.29, 1.82) is 0 Å². The largest absolute Gasteiger partial charge is 0.468 e. The highest BCUT2D eigenvalue weighted by Gasteiger charge is 2.24. The molecular formula is C14H28N2O2. The summed E-state index contributed by atoms with van der Waals surface area (Å²) in [5, 5.41) is 3.02. The Morgan fingerprint density at radius 1 is 1.50 bits per heavy atom. The molecule has 18 heavy (non-hydrogen) atoms. The standard InChI is InChI=1S/C14H28N2O2/c1-11-6-5-7-12(10-11)16(3)9-8-13(15-2)14(17)18-4/h11-13,15H,5-10H2,1-4H3. The number of carbonyl (C=O) groups is 1. The Hall–Kier alpha value is -0.610. The summed E-state index contributed by atoms with van der Waals surface area (Å²) in [7, 11) is 5.43. The Morgan fingerprint density at radius 3 is 2.78 bits per heavy atom. The van der Waals surface area contributed by atoms with Gasteiger partial charge in [0.1, 0.15) is 6.04 Å². The van der Waals surface area contributed by atoms with Crippen LogP contribution in [0, 0.1) is 5.92 Å². The molecule has 0 bridgehead atoms. The number of hydrogen-bond acceptors (Lipinski definition) is 4. The highest BCUT2D eigenvalue weighted by molar-refractivity contribution is 5.75. The van der Waals surface area contributed by atoms with E-state index in [2.05, 4.69) is 24.2 Å². The maximum atomic E-state index is 11.5. The zero-order valence-electron chi connectivity index (χ0n) is 12.2. The fraction of sp³-hybridized carbons (Fsp3) is 0.929. The van der Waals surface area contributed by atoms with Gasteiger partial charge >= 0.3 is 5.97 Å². The summed E-state index contributed by atoms with van der Waals surface area (Å²) in [4.78, 5) is 13.9. The molecule has 1 N–H and O–H groups in total. The average Bonchev–Trinajstić information content (AvgIpc) is 2.38. The molecule has 0 saturated heterocycles. The summed E-state index contributed by atoms with van der Waals surface area (Å²) >= 11 is 0. The normalized spacial score (nSPS) is 26.1. The molecule has 0 amide bonds. The predicted octanol–water partition coefficient (Wildman–Crippen LogP) is 1.65. The quantitative estimate of drug-likeness (QED) is 0.734. The maximum absolute atomic E-state index is 11.5. The van der Waals surface area contributed by atoms with Gasteiger partial charge in [-0.15, -0.1) is 0 Å². The SMILES string of the molecule is CNC(CCN(C)C1CCCC(C)C1)C(=O)OC. The molecule has 3 unspecified atom stereocenters. The van der Waals surface area contributed by atoms with Crippen molar-refractivity contribution in [1.82, 2.24) is 10.2 Å². The summed E-state index contributed by atoms with van der Waals surface area (Å²) in [5.41, 5.74) is 0. The first-order valence-electron chi connectivity index (χ1n) is 7.03. The van der Waals surface area contributed by atoms with Crippen LogP contribution in [0.4, 0.5) is 0 Å². The summed E-state index contributed by atoms with van der Waals surface area (Å²) in [5.74, 6) is 0.676. The Kier molecular flexibility index (Phi) is 6.65. The highest BCUT2D eigenvalue weighted by Crippen LogP contribution is 2.26. The van der Waals surface area contributed by atoms with Crippen molar-refractivity contribution in [2.75, 3.05) is 27.7 Å². The van der Waals surface area contributed by atoms with Crippen LogP contribution in [0.2, 0.25) is 0 Å². The number of rotatable bonds is 6. The summed E-state index contributed by atoms with van der Waals surface area (Å²) in [6.07, 6.45) is 6.10. The Labute approximate surface area is 111 Å². The van der Waals surface area contributed by atoms with Gasteiger partial charge in [-0.3, -0.25) is 4.79 Å². The van der Waals surface area contributed by atoms with Crippen molar-refractivity contribution in [2.24, 2.45) is 5.92 Å². The highest BCUT2D eigenvalue weighted by atomic mass is 16.5. The van der Waals surface area contributed by atoms with E-state index < -0.39 is 0 Å². The van der Waals surface area contributed by atoms with Gasteiger partial charge in [0.2, 0.25) is 0 Å². The Morgan fingerprint density at radius 2 is 2.22 bits per heavy atom. The van der Waals surface area contributed by atoms with Gasteiger partial charge < -0.3 is 15.0 Å². The Balaban J connectivity index is 2.34. The summed E-state index contributed by atoms with van der Waals surface area (Å²) < 4.78 is 4.78. The number of hydrogen-bond donors (Lipinski definition) is 1. The number of nitrogens with one attached hydrogen (secondary N) is 1. The van der Waals surface area contributed by atoms with E-state index in [4.69, 9.17) is 4.74 Å². The van der Waals surface area contributed by atoms with Crippen molar-refractivity contribution in [3.63, 3.8) is 0 Å². The van der Waals surface area contributed by atoms with Crippen LogP contribution in [0.15, 0.2) is 0 Å². The van der Waals surface area contributed by atoms with Crippen LogP contribution >= 0.6 is 0 Å². The van der Waals surface area contributed by atoms with Crippen LogP contribution in [0.25, 0.3) is 0 Å². The molecular weight excluding hydrogens is 228 g/mol. The van der Waals surface area contributed by atoms with E-state index in [1.807, 2.05) is 7.05 Å². The minimum Gasteiger partial charge on any atom is -0.468 e. The van der Waals surface area contributed by atoms with Crippen LogP contribution in [-0.2, 0) is 9.53 Å². The molecule has 0 aromatic heterocycles. The third kappa shape index (κ3) is 4.58. The number of ether oxygens (including phenoxy) is 1. The zero-order chi connectivity index (χ0) is 13.5. The first-order valence-corrected chi connectivity index (χ1v) is 7.03. The average molecular weight is 256 g/mol. The van der Waals surface area contributed by atoms with Gasteiger partial charge in [0.25, 0.3) is 0 Å². The van der Waals surface area contributed by atoms with Crippen molar-refractivity contribution in [2.45, 2.75) is 51.1 Å². The Bertz CT molecular complexity index is 258. The molecule has 4 nitrogen and oxygen atoms in total. The molecule has 1 rings (SSSR count). The lowest BCUT2D eigenvalue weighted by Gasteiger charge is -2.34. The van der Waals surface area contributed by atoms with Gasteiger partial charge in [0.15, 0.2) is 0 Å². The van der Waals surface area contributed by atoms with Gasteiger partial charge in [0, 0.05) is 12.6 Å². The molecule has 1 saturated carbocycles. The molecule has 0 radical (unpaired) electrons. The van der Waals surface area contributed by atoms with E-state index in [0.29, 0.717) is 6.04 Å². The van der Waals surface area contributed by atoms with Gasteiger partial charge in [-0.05, 0) is 39.3 Å². The summed E-state index contributed by atoms with van der Waals surface area (Å²) in [6, 6.07) is 0.502. The van der Waals surface area contributed by atoms with E-state index >= 15 is 0 Å². The fourth-order valence-electron chi connectivity index (χ4n) is 2.84. The molecule has 1 aliphatic rings. The molecule has 0 aliphatic heterocycles. The first-order chi connectivity index (χ1) is 8.58. The van der Waals surface area contributed by atoms with Crippen LogP contribution in [0.5, 0.6) is 0 Å². The van der Waals surface area contributed by atoms with E-state index in [0.717, 1.165) is 18.9 Å². The van der Waals surface area contributed by atoms with Crippen molar-refractivity contribution in [3.05, 3.63) is 0 Å². The fourth-order valence-corrected chi connectivity index (χ4v) is 2.84.